The molecule has 0 N–H and O–H groups in total. The van der Waals surface area contributed by atoms with Crippen LogP contribution >= 0.6 is 0 Å². The minimum absolute atomic E-state index is 0.00741. The van der Waals surface area contributed by atoms with E-state index in [1.54, 1.807) is 13.2 Å². The number of benzene rings is 1. The Morgan fingerprint density at radius 1 is 1.18 bits per heavy atom. The summed E-state index contributed by atoms with van der Waals surface area (Å²) in [7, 11) is 1.13. The minimum Gasteiger partial charge on any atom is -0.497 e. The Labute approximate surface area is 132 Å². The molecule has 1 fully saturated rings. The van der Waals surface area contributed by atoms with Gasteiger partial charge in [0.25, 0.3) is 0 Å². The Kier molecular flexibility index (Phi) is 4.50. The Morgan fingerprint density at radius 2 is 1.77 bits per heavy atom. The zero-order chi connectivity index (χ0) is 16.5. The Morgan fingerprint density at radius 3 is 2.27 bits per heavy atom. The number of ketones is 1. The zero-order valence-electron chi connectivity index (χ0n) is 14.1. The van der Waals surface area contributed by atoms with Crippen LogP contribution < -0.4 is 10.2 Å². The number of hydrogen-bond donors (Lipinski definition) is 0. The van der Waals surface area contributed by atoms with Crippen molar-refractivity contribution in [1.29, 1.82) is 0 Å². The van der Waals surface area contributed by atoms with Crippen molar-refractivity contribution in [3.8, 4) is 5.75 Å². The predicted octanol–water partition coefficient (Wildman–Crippen LogP) is 2.60. The van der Waals surface area contributed by atoms with Gasteiger partial charge in [0.05, 0.1) is 18.3 Å². The second-order valence-electron chi connectivity index (χ2n) is 6.53. The smallest absolute Gasteiger partial charge is 0.497 e. The van der Waals surface area contributed by atoms with E-state index in [1.807, 2.05) is 45.9 Å². The quantitative estimate of drug-likeness (QED) is 0.633. The van der Waals surface area contributed by atoms with E-state index in [1.165, 1.54) is 13.0 Å². The van der Waals surface area contributed by atoms with Crippen LogP contribution in [0.4, 0.5) is 0 Å². The maximum atomic E-state index is 11.1. The van der Waals surface area contributed by atoms with Crippen LogP contribution in [0.3, 0.4) is 0 Å². The fourth-order valence-electron chi connectivity index (χ4n) is 2.22. The molecule has 0 atom stereocenters. The molecule has 0 bridgehead atoms. The lowest BCUT2D eigenvalue weighted by atomic mass is 9.77. The fourth-order valence-corrected chi connectivity index (χ4v) is 2.22. The van der Waals surface area contributed by atoms with Gasteiger partial charge in [0.15, 0.2) is 5.78 Å². The molecule has 22 heavy (non-hydrogen) atoms. The molecule has 4 nitrogen and oxygen atoms in total. The summed E-state index contributed by atoms with van der Waals surface area (Å²) >= 11 is 0. The molecule has 0 amide bonds. The highest BCUT2D eigenvalue weighted by Crippen LogP contribution is 2.37. The van der Waals surface area contributed by atoms with Gasteiger partial charge in [-0.25, -0.2) is 0 Å². The second kappa shape index (κ2) is 5.90. The standard InChI is InChI=1S/C17H23BO4/c1-12(19)7-8-13-9-10-15(20-6)14(11-13)18-21-16(2,3)17(4,5)22-18/h7-11H,1-6H3/b8-7+. The maximum absolute atomic E-state index is 11.1. The molecule has 0 aliphatic carbocycles. The summed E-state index contributed by atoms with van der Waals surface area (Å²) in [6, 6.07) is 5.69. The summed E-state index contributed by atoms with van der Waals surface area (Å²) in [5, 5.41) is 0. The molecule has 1 heterocycles. The van der Waals surface area contributed by atoms with Crippen LogP contribution in [0.15, 0.2) is 24.3 Å². The van der Waals surface area contributed by atoms with Gasteiger partial charge in [-0.1, -0.05) is 18.2 Å². The van der Waals surface area contributed by atoms with Gasteiger partial charge >= 0.3 is 7.12 Å². The van der Waals surface area contributed by atoms with Crippen molar-refractivity contribution in [1.82, 2.24) is 0 Å². The molecular formula is C17H23BO4. The molecule has 5 heteroatoms. The van der Waals surface area contributed by atoms with Crippen LogP contribution in [0.5, 0.6) is 5.75 Å². The Hall–Kier alpha value is -1.59. The highest BCUT2D eigenvalue weighted by Gasteiger charge is 2.52. The van der Waals surface area contributed by atoms with E-state index < -0.39 is 18.3 Å². The average molecular weight is 302 g/mol. The molecule has 2 rings (SSSR count). The van der Waals surface area contributed by atoms with Crippen molar-refractivity contribution in [3.63, 3.8) is 0 Å². The van der Waals surface area contributed by atoms with E-state index in [9.17, 15) is 4.79 Å². The van der Waals surface area contributed by atoms with Crippen LogP contribution in [0.1, 0.15) is 40.2 Å². The molecule has 118 valence electrons. The van der Waals surface area contributed by atoms with Gasteiger partial charge in [0.2, 0.25) is 0 Å². The molecule has 0 spiro atoms. The molecule has 1 saturated heterocycles. The van der Waals surface area contributed by atoms with Crippen molar-refractivity contribution < 1.29 is 18.8 Å². The number of ether oxygens (including phenoxy) is 1. The van der Waals surface area contributed by atoms with E-state index in [0.29, 0.717) is 5.75 Å². The third-order valence-electron chi connectivity index (χ3n) is 4.27. The number of allylic oxidation sites excluding steroid dienone is 1. The third kappa shape index (κ3) is 3.26. The lowest BCUT2D eigenvalue weighted by molar-refractivity contribution is -0.112. The largest absolute Gasteiger partial charge is 0.498 e. The van der Waals surface area contributed by atoms with Gasteiger partial charge in [-0.05, 0) is 52.3 Å². The number of carbonyl (C=O) groups is 1. The van der Waals surface area contributed by atoms with E-state index >= 15 is 0 Å². The van der Waals surface area contributed by atoms with E-state index in [2.05, 4.69) is 0 Å². The predicted molar refractivity (Wildman–Crippen MR) is 88.4 cm³/mol. The van der Waals surface area contributed by atoms with Gasteiger partial charge in [-0.3, -0.25) is 4.79 Å². The first kappa shape index (κ1) is 16.8. The van der Waals surface area contributed by atoms with Gasteiger partial charge in [0.1, 0.15) is 5.75 Å². The highest BCUT2D eigenvalue weighted by atomic mass is 16.7. The van der Waals surface area contributed by atoms with Crippen LogP contribution in [0.25, 0.3) is 6.08 Å². The molecule has 0 radical (unpaired) electrons. The summed E-state index contributed by atoms with van der Waals surface area (Å²) in [6.45, 7) is 9.57. The van der Waals surface area contributed by atoms with Gasteiger partial charge in [-0.15, -0.1) is 0 Å². The van der Waals surface area contributed by atoms with Crippen LogP contribution in [-0.2, 0) is 14.1 Å². The molecule has 0 aromatic heterocycles. The Balaban J connectivity index is 2.37. The topological polar surface area (TPSA) is 44.8 Å². The molecule has 1 aromatic carbocycles. The normalized spacial score (nSPS) is 19.6. The first-order chi connectivity index (χ1) is 10.2. The van der Waals surface area contributed by atoms with Crippen molar-refractivity contribution in [2.45, 2.75) is 45.8 Å². The molecule has 0 unspecified atom stereocenters. The first-order valence-corrected chi connectivity index (χ1v) is 7.38. The molecular weight excluding hydrogens is 279 g/mol. The summed E-state index contributed by atoms with van der Waals surface area (Å²) < 4.78 is 17.6. The van der Waals surface area contributed by atoms with Crippen LogP contribution in [0.2, 0.25) is 0 Å². The lowest BCUT2D eigenvalue weighted by Crippen LogP contribution is -2.41. The maximum Gasteiger partial charge on any atom is 0.498 e. The highest BCUT2D eigenvalue weighted by molar-refractivity contribution is 6.63. The SMILES string of the molecule is COc1ccc(/C=C/C(C)=O)cc1B1OC(C)(C)C(C)(C)O1. The van der Waals surface area contributed by atoms with Crippen LogP contribution in [0, 0.1) is 0 Å². The summed E-state index contributed by atoms with van der Waals surface area (Å²) in [4.78, 5) is 11.1. The average Bonchev–Trinajstić information content (AvgIpc) is 2.64. The second-order valence-corrected chi connectivity index (χ2v) is 6.53. The number of carbonyl (C=O) groups excluding carboxylic acids is 1. The van der Waals surface area contributed by atoms with E-state index in [0.717, 1.165) is 11.0 Å². The molecule has 1 aliphatic heterocycles. The molecule has 1 aliphatic rings. The lowest BCUT2D eigenvalue weighted by Gasteiger charge is -2.32. The number of hydrogen-bond acceptors (Lipinski definition) is 4. The third-order valence-corrected chi connectivity index (χ3v) is 4.27. The number of methoxy groups -OCH3 is 1. The van der Waals surface area contributed by atoms with Gasteiger partial charge in [-0.2, -0.15) is 0 Å². The zero-order valence-corrected chi connectivity index (χ0v) is 14.1. The molecule has 0 saturated carbocycles. The summed E-state index contributed by atoms with van der Waals surface area (Å²) in [5.41, 5.74) is 0.912. The van der Waals surface area contributed by atoms with E-state index in [-0.39, 0.29) is 5.78 Å². The monoisotopic (exact) mass is 302 g/mol. The first-order valence-electron chi connectivity index (χ1n) is 7.38. The van der Waals surface area contributed by atoms with Crippen molar-refractivity contribution in [3.05, 3.63) is 29.8 Å². The van der Waals surface area contributed by atoms with E-state index in [4.69, 9.17) is 14.0 Å². The minimum atomic E-state index is -0.495. The van der Waals surface area contributed by atoms with Crippen molar-refractivity contribution in [2.24, 2.45) is 0 Å². The fraction of sp³-hybridized carbons (Fsp3) is 0.471. The van der Waals surface area contributed by atoms with Gasteiger partial charge < -0.3 is 14.0 Å². The molecule has 1 aromatic rings. The van der Waals surface area contributed by atoms with Gasteiger partial charge in [0, 0.05) is 5.46 Å². The summed E-state index contributed by atoms with van der Waals surface area (Å²) in [6.07, 6.45) is 3.31. The van der Waals surface area contributed by atoms with Crippen LogP contribution in [-0.4, -0.2) is 31.2 Å². The van der Waals surface area contributed by atoms with Crippen molar-refractivity contribution in [2.75, 3.05) is 7.11 Å². The van der Waals surface area contributed by atoms with Crippen molar-refractivity contribution >= 4 is 24.4 Å². The summed E-state index contributed by atoms with van der Waals surface area (Å²) in [5.74, 6) is 0.714. The Bertz CT molecular complexity index is 589. The number of rotatable bonds is 4.